The molecule has 1 saturated heterocycles. The topological polar surface area (TPSA) is 75.6 Å². The number of hydrogen-bond acceptors (Lipinski definition) is 4. The molecule has 2 unspecified atom stereocenters. The summed E-state index contributed by atoms with van der Waals surface area (Å²) in [4.78, 5) is 23.9. The Morgan fingerprint density at radius 1 is 1.48 bits per heavy atom. The van der Waals surface area contributed by atoms with Gasteiger partial charge in [0, 0.05) is 5.75 Å². The van der Waals surface area contributed by atoms with Crippen molar-refractivity contribution >= 4 is 23.6 Å². The van der Waals surface area contributed by atoms with Crippen LogP contribution in [0.15, 0.2) is 24.3 Å². The first kappa shape index (κ1) is 15.7. The van der Waals surface area contributed by atoms with Crippen molar-refractivity contribution in [2.45, 2.75) is 24.8 Å². The predicted molar refractivity (Wildman–Crippen MR) is 81.9 cm³/mol. The summed E-state index contributed by atoms with van der Waals surface area (Å²) in [6.45, 7) is 1.77. The van der Waals surface area contributed by atoms with Crippen molar-refractivity contribution in [1.29, 1.82) is 0 Å². The first-order chi connectivity index (χ1) is 9.98. The number of hydrogen-bond donors (Lipinski definition) is 2. The minimum absolute atomic E-state index is 0.270. The minimum atomic E-state index is -1.13. The number of methoxy groups -OCH3 is 1. The van der Waals surface area contributed by atoms with Gasteiger partial charge in [-0.2, -0.15) is 11.8 Å². The Kier molecular flexibility index (Phi) is 4.77. The van der Waals surface area contributed by atoms with E-state index in [2.05, 4.69) is 5.32 Å². The minimum Gasteiger partial charge on any atom is -0.497 e. The van der Waals surface area contributed by atoms with Gasteiger partial charge in [-0.25, -0.2) is 4.79 Å². The molecular formula is C15H19NO4S. The van der Waals surface area contributed by atoms with Gasteiger partial charge in [0.2, 0.25) is 5.91 Å². The van der Waals surface area contributed by atoms with E-state index >= 15 is 0 Å². The normalized spacial score (nSPS) is 22.6. The monoisotopic (exact) mass is 309 g/mol. The Balaban J connectivity index is 2.13. The van der Waals surface area contributed by atoms with Gasteiger partial charge in [-0.1, -0.05) is 12.1 Å². The molecule has 1 aromatic carbocycles. The van der Waals surface area contributed by atoms with Crippen LogP contribution in [-0.4, -0.2) is 41.1 Å². The summed E-state index contributed by atoms with van der Waals surface area (Å²) < 4.78 is 5.15. The third-order valence-corrected chi connectivity index (χ3v) is 4.97. The number of ether oxygens (including phenoxy) is 1. The molecule has 1 aromatic rings. The number of rotatable bonds is 5. The van der Waals surface area contributed by atoms with E-state index in [-0.39, 0.29) is 5.91 Å². The van der Waals surface area contributed by atoms with Gasteiger partial charge in [0.25, 0.3) is 0 Å². The maximum atomic E-state index is 12.4. The summed E-state index contributed by atoms with van der Waals surface area (Å²) in [5.41, 5.74) is -0.326. The standard InChI is InChI=1S/C15H19NO4S/c1-10(11-4-3-5-12(8-11)20-2)13(17)16-15(14(18)19)6-7-21-9-15/h3-5,8,10H,6-7,9H2,1-2H3,(H,16,17)(H,18,19). The van der Waals surface area contributed by atoms with E-state index in [0.29, 0.717) is 17.9 Å². The van der Waals surface area contributed by atoms with E-state index in [1.54, 1.807) is 37.9 Å². The number of amides is 1. The highest BCUT2D eigenvalue weighted by molar-refractivity contribution is 7.99. The third-order valence-electron chi connectivity index (χ3n) is 3.78. The van der Waals surface area contributed by atoms with Crippen LogP contribution in [0, 0.1) is 0 Å². The molecule has 0 spiro atoms. The lowest BCUT2D eigenvalue weighted by Crippen LogP contribution is -2.55. The second-order valence-electron chi connectivity index (χ2n) is 5.18. The Morgan fingerprint density at radius 3 is 2.81 bits per heavy atom. The Labute approximate surface area is 128 Å². The highest BCUT2D eigenvalue weighted by Crippen LogP contribution is 2.29. The second-order valence-corrected chi connectivity index (χ2v) is 6.28. The molecule has 0 aromatic heterocycles. The van der Waals surface area contributed by atoms with Crippen LogP contribution >= 0.6 is 11.8 Å². The fourth-order valence-electron chi connectivity index (χ4n) is 2.29. The average Bonchev–Trinajstić information content (AvgIpc) is 2.96. The molecule has 0 aliphatic carbocycles. The third kappa shape index (κ3) is 3.32. The van der Waals surface area contributed by atoms with Gasteiger partial charge in [0.1, 0.15) is 11.3 Å². The van der Waals surface area contributed by atoms with Crippen LogP contribution in [-0.2, 0) is 9.59 Å². The van der Waals surface area contributed by atoms with Crippen molar-refractivity contribution in [3.63, 3.8) is 0 Å². The molecule has 1 heterocycles. The molecular weight excluding hydrogens is 290 g/mol. The Bertz CT molecular complexity index is 540. The number of benzene rings is 1. The van der Waals surface area contributed by atoms with Gasteiger partial charge in [0.05, 0.1) is 13.0 Å². The summed E-state index contributed by atoms with van der Waals surface area (Å²) >= 11 is 1.55. The number of carbonyl (C=O) groups excluding carboxylic acids is 1. The van der Waals surface area contributed by atoms with Gasteiger partial charge in [-0.05, 0) is 36.8 Å². The van der Waals surface area contributed by atoms with Gasteiger partial charge >= 0.3 is 5.97 Å². The van der Waals surface area contributed by atoms with Crippen molar-refractivity contribution < 1.29 is 19.4 Å². The van der Waals surface area contributed by atoms with Crippen molar-refractivity contribution in [2.24, 2.45) is 0 Å². The van der Waals surface area contributed by atoms with Crippen molar-refractivity contribution in [3.8, 4) is 5.75 Å². The van der Waals surface area contributed by atoms with E-state index in [1.165, 1.54) is 0 Å². The first-order valence-corrected chi connectivity index (χ1v) is 7.91. The van der Waals surface area contributed by atoms with E-state index in [0.717, 1.165) is 11.3 Å². The van der Waals surface area contributed by atoms with Gasteiger partial charge in [-0.3, -0.25) is 4.79 Å². The number of nitrogens with one attached hydrogen (secondary N) is 1. The fraction of sp³-hybridized carbons (Fsp3) is 0.467. The summed E-state index contributed by atoms with van der Waals surface area (Å²) in [6, 6.07) is 7.25. The van der Waals surface area contributed by atoms with Crippen LogP contribution in [0.3, 0.4) is 0 Å². The van der Waals surface area contributed by atoms with Gasteiger partial charge < -0.3 is 15.2 Å². The highest BCUT2D eigenvalue weighted by Gasteiger charge is 2.43. The average molecular weight is 309 g/mol. The van der Waals surface area contributed by atoms with E-state index in [1.807, 2.05) is 12.1 Å². The van der Waals surface area contributed by atoms with E-state index in [9.17, 15) is 14.7 Å². The van der Waals surface area contributed by atoms with Gasteiger partial charge in [0.15, 0.2) is 0 Å². The summed E-state index contributed by atoms with van der Waals surface area (Å²) in [5, 5.41) is 12.1. The maximum absolute atomic E-state index is 12.4. The van der Waals surface area contributed by atoms with Crippen molar-refractivity contribution in [3.05, 3.63) is 29.8 Å². The maximum Gasteiger partial charge on any atom is 0.330 e. The van der Waals surface area contributed by atoms with Crippen molar-refractivity contribution in [2.75, 3.05) is 18.6 Å². The SMILES string of the molecule is COc1cccc(C(C)C(=O)NC2(C(=O)O)CCSC2)c1. The van der Waals surface area contributed by atoms with Crippen LogP contribution < -0.4 is 10.1 Å². The highest BCUT2D eigenvalue weighted by atomic mass is 32.2. The van der Waals surface area contributed by atoms with E-state index in [4.69, 9.17) is 4.74 Å². The molecule has 114 valence electrons. The predicted octanol–water partition coefficient (Wildman–Crippen LogP) is 1.88. The van der Waals surface area contributed by atoms with Crippen molar-refractivity contribution in [1.82, 2.24) is 5.32 Å². The quantitative estimate of drug-likeness (QED) is 0.868. The Hall–Kier alpha value is -1.69. The van der Waals surface area contributed by atoms with Crippen LogP contribution in [0.4, 0.5) is 0 Å². The van der Waals surface area contributed by atoms with Crippen LogP contribution in [0.2, 0.25) is 0 Å². The zero-order valence-corrected chi connectivity index (χ0v) is 12.9. The number of carbonyl (C=O) groups is 2. The lowest BCUT2D eigenvalue weighted by atomic mass is 9.95. The number of thioether (sulfide) groups is 1. The second kappa shape index (κ2) is 6.39. The molecule has 5 nitrogen and oxygen atoms in total. The van der Waals surface area contributed by atoms with E-state index < -0.39 is 17.4 Å². The fourth-order valence-corrected chi connectivity index (χ4v) is 3.62. The summed E-state index contributed by atoms with van der Waals surface area (Å²) in [6.07, 6.45) is 0.462. The smallest absolute Gasteiger partial charge is 0.330 e. The zero-order valence-electron chi connectivity index (χ0n) is 12.1. The number of aliphatic carboxylic acids is 1. The molecule has 1 fully saturated rings. The molecule has 2 N–H and O–H groups in total. The lowest BCUT2D eigenvalue weighted by Gasteiger charge is -2.26. The number of carboxylic acid groups (broad SMARTS) is 1. The molecule has 0 bridgehead atoms. The molecule has 1 aliphatic rings. The molecule has 0 saturated carbocycles. The molecule has 21 heavy (non-hydrogen) atoms. The molecule has 1 amide bonds. The van der Waals surface area contributed by atoms with Gasteiger partial charge in [-0.15, -0.1) is 0 Å². The molecule has 6 heteroatoms. The van der Waals surface area contributed by atoms with Crippen LogP contribution in [0.25, 0.3) is 0 Å². The molecule has 0 radical (unpaired) electrons. The van der Waals surface area contributed by atoms with Crippen LogP contribution in [0.1, 0.15) is 24.8 Å². The molecule has 2 atom stereocenters. The molecule has 1 aliphatic heterocycles. The summed E-state index contributed by atoms with van der Waals surface area (Å²) in [7, 11) is 1.57. The lowest BCUT2D eigenvalue weighted by molar-refractivity contribution is -0.146. The number of carboxylic acids is 1. The largest absolute Gasteiger partial charge is 0.497 e. The molecule has 2 rings (SSSR count). The first-order valence-electron chi connectivity index (χ1n) is 6.75. The Morgan fingerprint density at radius 2 is 2.24 bits per heavy atom. The zero-order chi connectivity index (χ0) is 15.5. The summed E-state index contributed by atoms with van der Waals surface area (Å²) in [5.74, 6) is 0.184. The van der Waals surface area contributed by atoms with Crippen LogP contribution in [0.5, 0.6) is 5.75 Å².